The van der Waals surface area contributed by atoms with E-state index in [9.17, 15) is 4.39 Å². The molecule has 0 radical (unpaired) electrons. The van der Waals surface area contributed by atoms with Crippen LogP contribution in [0, 0.1) is 5.82 Å². The predicted octanol–water partition coefficient (Wildman–Crippen LogP) is 3.21. The van der Waals surface area contributed by atoms with E-state index in [0.29, 0.717) is 24.8 Å². The molecular weight excluding hydrogens is 323 g/mol. The van der Waals surface area contributed by atoms with Gasteiger partial charge in [0.15, 0.2) is 5.65 Å². The molecule has 0 spiro atoms. The minimum Gasteiger partial charge on any atom is -0.488 e. The molecule has 2 atom stereocenters. The molecule has 6 nitrogen and oxygen atoms in total. The van der Waals surface area contributed by atoms with Gasteiger partial charge in [0.05, 0.1) is 25.5 Å². The van der Waals surface area contributed by atoms with E-state index in [1.807, 2.05) is 25.3 Å². The lowest BCUT2D eigenvalue weighted by molar-refractivity contribution is 0.140. The maximum absolute atomic E-state index is 13.8. The summed E-state index contributed by atoms with van der Waals surface area (Å²) in [6.07, 6.45) is 4.38. The number of nitrogens with one attached hydrogen (secondary N) is 1. The Labute approximate surface area is 144 Å². The molecule has 1 fully saturated rings. The maximum Gasteiger partial charge on any atom is 0.157 e. The van der Waals surface area contributed by atoms with Crippen LogP contribution in [0.3, 0.4) is 0 Å². The summed E-state index contributed by atoms with van der Waals surface area (Å²) in [5.41, 5.74) is 1.50. The first kappa shape index (κ1) is 15.8. The Bertz CT molecular complexity index is 876. The minimum absolute atomic E-state index is 0.0117. The van der Waals surface area contributed by atoms with Crippen LogP contribution >= 0.6 is 0 Å². The molecule has 4 rings (SSSR count). The number of aromatic nitrogens is 3. The lowest BCUT2D eigenvalue weighted by Gasteiger charge is -2.21. The highest BCUT2D eigenvalue weighted by atomic mass is 19.1. The van der Waals surface area contributed by atoms with Crippen molar-refractivity contribution < 1.29 is 13.9 Å². The van der Waals surface area contributed by atoms with Crippen molar-refractivity contribution in [2.75, 3.05) is 18.5 Å². The van der Waals surface area contributed by atoms with Crippen molar-refractivity contribution in [2.24, 2.45) is 0 Å². The third-order valence-corrected chi connectivity index (χ3v) is 4.24. The van der Waals surface area contributed by atoms with Gasteiger partial charge in [-0.15, -0.1) is 0 Å². The van der Waals surface area contributed by atoms with E-state index in [2.05, 4.69) is 15.4 Å². The van der Waals surface area contributed by atoms with E-state index in [-0.39, 0.29) is 18.0 Å². The molecule has 3 heterocycles. The van der Waals surface area contributed by atoms with Gasteiger partial charge >= 0.3 is 0 Å². The Morgan fingerprint density at radius 3 is 3.12 bits per heavy atom. The molecule has 1 aliphatic heterocycles. The van der Waals surface area contributed by atoms with E-state index < -0.39 is 0 Å². The second-order valence-corrected chi connectivity index (χ2v) is 6.10. The van der Waals surface area contributed by atoms with Gasteiger partial charge < -0.3 is 14.8 Å². The fourth-order valence-corrected chi connectivity index (χ4v) is 2.94. The van der Waals surface area contributed by atoms with Crippen molar-refractivity contribution in [3.8, 4) is 5.75 Å². The predicted molar refractivity (Wildman–Crippen MR) is 91.3 cm³/mol. The molecule has 1 aromatic carbocycles. The van der Waals surface area contributed by atoms with E-state index in [1.165, 1.54) is 12.1 Å². The number of halogens is 1. The number of hydrogen-bond donors (Lipinski definition) is 1. The van der Waals surface area contributed by atoms with Gasteiger partial charge in [-0.3, -0.25) is 0 Å². The molecule has 0 bridgehead atoms. The van der Waals surface area contributed by atoms with Crippen LogP contribution in [-0.4, -0.2) is 33.9 Å². The lowest BCUT2D eigenvalue weighted by atomic mass is 10.1. The highest BCUT2D eigenvalue weighted by Gasteiger charge is 2.21. The summed E-state index contributed by atoms with van der Waals surface area (Å²) in [4.78, 5) is 4.49. The second-order valence-electron chi connectivity index (χ2n) is 6.10. The number of nitrogens with zero attached hydrogens (tertiary/aromatic N) is 3. The highest BCUT2D eigenvalue weighted by molar-refractivity contribution is 5.48. The zero-order valence-corrected chi connectivity index (χ0v) is 13.9. The number of anilines is 1. The number of rotatable bonds is 5. The molecule has 0 saturated carbocycles. The monoisotopic (exact) mass is 342 g/mol. The first-order chi connectivity index (χ1) is 12.2. The largest absolute Gasteiger partial charge is 0.488 e. The van der Waals surface area contributed by atoms with Crippen LogP contribution in [0.1, 0.15) is 24.9 Å². The average Bonchev–Trinajstić information content (AvgIpc) is 3.27. The molecule has 1 N–H and O–H groups in total. The third-order valence-electron chi connectivity index (χ3n) is 4.24. The van der Waals surface area contributed by atoms with Gasteiger partial charge in [0.1, 0.15) is 23.5 Å². The third kappa shape index (κ3) is 3.41. The number of ether oxygens (including phenoxy) is 2. The van der Waals surface area contributed by atoms with Gasteiger partial charge in [-0.2, -0.15) is 5.10 Å². The summed E-state index contributed by atoms with van der Waals surface area (Å²) >= 11 is 0. The van der Waals surface area contributed by atoms with Crippen LogP contribution in [-0.2, 0) is 4.74 Å². The summed E-state index contributed by atoms with van der Waals surface area (Å²) in [6, 6.07) is 8.08. The molecule has 1 aliphatic rings. The molecule has 2 aromatic heterocycles. The van der Waals surface area contributed by atoms with Crippen LogP contribution in [0.15, 0.2) is 42.7 Å². The molecule has 25 heavy (non-hydrogen) atoms. The summed E-state index contributed by atoms with van der Waals surface area (Å²) in [5.74, 6) is 1.07. The minimum atomic E-state index is -0.294. The Morgan fingerprint density at radius 1 is 1.36 bits per heavy atom. The fourth-order valence-electron chi connectivity index (χ4n) is 2.94. The average molecular weight is 342 g/mol. The van der Waals surface area contributed by atoms with Gasteiger partial charge in [-0.25, -0.2) is 13.9 Å². The molecule has 0 amide bonds. The molecule has 1 saturated heterocycles. The molecular formula is C18H19FN4O2. The normalized spacial score (nSPS) is 18.4. The molecule has 130 valence electrons. The number of hydrogen-bond acceptors (Lipinski definition) is 5. The Morgan fingerprint density at radius 2 is 2.28 bits per heavy atom. The standard InChI is InChI=1S/C18H19FN4O2/c1-12(21-17-5-8-23-18(22-17)4-7-20-23)15-10-13(19)2-3-16(15)25-14-6-9-24-11-14/h2-5,7-8,10,12,14H,6,9,11H2,1H3,(H,21,22). The lowest BCUT2D eigenvalue weighted by Crippen LogP contribution is -2.18. The van der Waals surface area contributed by atoms with Crippen molar-refractivity contribution in [3.63, 3.8) is 0 Å². The van der Waals surface area contributed by atoms with Gasteiger partial charge in [0.2, 0.25) is 0 Å². The zero-order valence-electron chi connectivity index (χ0n) is 13.9. The van der Waals surface area contributed by atoms with Crippen molar-refractivity contribution >= 4 is 11.5 Å². The molecule has 7 heteroatoms. The summed E-state index contributed by atoms with van der Waals surface area (Å²) in [7, 11) is 0. The van der Waals surface area contributed by atoms with E-state index >= 15 is 0 Å². The van der Waals surface area contributed by atoms with E-state index in [4.69, 9.17) is 9.47 Å². The summed E-state index contributed by atoms with van der Waals surface area (Å²) < 4.78 is 26.8. The first-order valence-corrected chi connectivity index (χ1v) is 8.30. The van der Waals surface area contributed by atoms with E-state index in [1.54, 1.807) is 16.8 Å². The molecule has 0 aliphatic carbocycles. The number of benzene rings is 1. The Balaban J connectivity index is 1.57. The summed E-state index contributed by atoms with van der Waals surface area (Å²) in [5, 5.41) is 7.43. The van der Waals surface area contributed by atoms with Crippen LogP contribution in [0.25, 0.3) is 5.65 Å². The SMILES string of the molecule is CC(Nc1ccn2nccc2n1)c1cc(F)ccc1OC1CCOC1. The smallest absolute Gasteiger partial charge is 0.157 e. The maximum atomic E-state index is 13.8. The van der Waals surface area contributed by atoms with Crippen molar-refractivity contribution in [1.29, 1.82) is 0 Å². The van der Waals surface area contributed by atoms with Crippen molar-refractivity contribution in [2.45, 2.75) is 25.5 Å². The Hall–Kier alpha value is -2.67. The molecule has 3 aromatic rings. The number of fused-ring (bicyclic) bond motifs is 1. The Kier molecular flexibility index (Phi) is 4.23. The van der Waals surface area contributed by atoms with Gasteiger partial charge in [0, 0.05) is 24.2 Å². The highest BCUT2D eigenvalue weighted by Crippen LogP contribution is 2.30. The van der Waals surface area contributed by atoms with Crippen LogP contribution in [0.2, 0.25) is 0 Å². The van der Waals surface area contributed by atoms with E-state index in [0.717, 1.165) is 17.6 Å². The topological polar surface area (TPSA) is 60.7 Å². The van der Waals surface area contributed by atoms with Crippen molar-refractivity contribution in [3.05, 3.63) is 54.1 Å². The fraction of sp³-hybridized carbons (Fsp3) is 0.333. The summed E-state index contributed by atoms with van der Waals surface area (Å²) in [6.45, 7) is 3.22. The van der Waals surface area contributed by atoms with Crippen LogP contribution in [0.5, 0.6) is 5.75 Å². The first-order valence-electron chi connectivity index (χ1n) is 8.30. The second kappa shape index (κ2) is 6.68. The van der Waals surface area contributed by atoms with Gasteiger partial charge in [-0.05, 0) is 31.2 Å². The van der Waals surface area contributed by atoms with Gasteiger partial charge in [0.25, 0.3) is 0 Å². The molecule has 2 unspecified atom stereocenters. The van der Waals surface area contributed by atoms with Crippen molar-refractivity contribution in [1.82, 2.24) is 14.6 Å². The van der Waals surface area contributed by atoms with Crippen LogP contribution < -0.4 is 10.1 Å². The van der Waals surface area contributed by atoms with Crippen LogP contribution in [0.4, 0.5) is 10.2 Å². The van der Waals surface area contributed by atoms with Gasteiger partial charge in [-0.1, -0.05) is 0 Å². The zero-order chi connectivity index (χ0) is 17.2. The quantitative estimate of drug-likeness (QED) is 0.771.